The highest BCUT2D eigenvalue weighted by molar-refractivity contribution is 6.00. The van der Waals surface area contributed by atoms with Crippen molar-refractivity contribution < 1.29 is 9.53 Å². The minimum absolute atomic E-state index is 0.115. The van der Waals surface area contributed by atoms with Gasteiger partial charge in [-0.15, -0.1) is 0 Å². The third-order valence-corrected chi connectivity index (χ3v) is 2.86. The zero-order valence-corrected chi connectivity index (χ0v) is 10.5. The Labute approximate surface area is 106 Å². The van der Waals surface area contributed by atoms with Crippen molar-refractivity contribution >= 4 is 16.7 Å². The number of ketones is 1. The zero-order valence-electron chi connectivity index (χ0n) is 10.5. The van der Waals surface area contributed by atoms with Crippen molar-refractivity contribution in [2.24, 2.45) is 0 Å². The van der Waals surface area contributed by atoms with E-state index in [-0.39, 0.29) is 5.78 Å². The predicted molar refractivity (Wildman–Crippen MR) is 72.0 cm³/mol. The molecular weight excluding hydrogens is 228 g/mol. The molecule has 2 aromatic rings. The summed E-state index contributed by atoms with van der Waals surface area (Å²) in [5.41, 5.74) is 1.74. The summed E-state index contributed by atoms with van der Waals surface area (Å²) in [6.45, 7) is 1.88. The van der Waals surface area contributed by atoms with E-state index in [4.69, 9.17) is 4.74 Å². The second-order valence-corrected chi connectivity index (χ2v) is 4.23. The molecule has 4 nitrogen and oxygen atoms in total. The van der Waals surface area contributed by atoms with E-state index in [2.05, 4.69) is 10.3 Å². The van der Waals surface area contributed by atoms with E-state index in [1.807, 2.05) is 30.5 Å². The number of fused-ring (bicyclic) bond motifs is 1. The number of carbonyl (C=O) groups excluding carboxylic acids is 1. The number of hydrogen-bond donors (Lipinski definition) is 2. The summed E-state index contributed by atoms with van der Waals surface area (Å²) in [5.74, 6) is 0.115. The molecule has 0 spiro atoms. The molecule has 0 bridgehead atoms. The number of Topliss-reactive ketones (excluding diaryl/α,β-unsaturated/α-hetero) is 1. The van der Waals surface area contributed by atoms with Crippen molar-refractivity contribution in [3.63, 3.8) is 0 Å². The highest BCUT2D eigenvalue weighted by Crippen LogP contribution is 2.14. The Morgan fingerprint density at radius 1 is 1.39 bits per heavy atom. The summed E-state index contributed by atoms with van der Waals surface area (Å²) < 4.78 is 4.94. The van der Waals surface area contributed by atoms with Crippen LogP contribution in [0.15, 0.2) is 30.5 Å². The molecule has 0 saturated carbocycles. The molecule has 0 unspecified atom stereocenters. The standard InChI is InChI=1S/C14H18N2O2/c1-18-8-2-6-15-10-14(17)12-4-3-11-5-7-16-13(11)9-12/h3-5,7,9,15-16H,2,6,8,10H2,1H3. The summed E-state index contributed by atoms with van der Waals surface area (Å²) >= 11 is 0. The van der Waals surface area contributed by atoms with E-state index in [1.54, 1.807) is 7.11 Å². The van der Waals surface area contributed by atoms with Gasteiger partial charge in [0.1, 0.15) is 0 Å². The normalized spacial score (nSPS) is 10.9. The molecule has 0 fully saturated rings. The van der Waals surface area contributed by atoms with Crippen LogP contribution in [-0.2, 0) is 4.74 Å². The molecule has 2 rings (SSSR count). The number of H-pyrrole nitrogens is 1. The quantitative estimate of drug-likeness (QED) is 0.580. The van der Waals surface area contributed by atoms with Crippen LogP contribution in [0.4, 0.5) is 0 Å². The average Bonchev–Trinajstić information content (AvgIpc) is 2.85. The maximum Gasteiger partial charge on any atom is 0.176 e. The number of methoxy groups -OCH3 is 1. The van der Waals surface area contributed by atoms with Gasteiger partial charge in [-0.3, -0.25) is 4.79 Å². The van der Waals surface area contributed by atoms with Crippen molar-refractivity contribution in [3.05, 3.63) is 36.0 Å². The number of aromatic nitrogens is 1. The van der Waals surface area contributed by atoms with E-state index < -0.39 is 0 Å². The van der Waals surface area contributed by atoms with Gasteiger partial charge in [0.25, 0.3) is 0 Å². The number of aromatic amines is 1. The lowest BCUT2D eigenvalue weighted by molar-refractivity contribution is 0.0990. The van der Waals surface area contributed by atoms with Gasteiger partial charge < -0.3 is 15.0 Å². The first-order chi connectivity index (χ1) is 8.81. The minimum atomic E-state index is 0.115. The number of benzene rings is 1. The Balaban J connectivity index is 1.88. The molecular formula is C14H18N2O2. The Morgan fingerprint density at radius 3 is 3.11 bits per heavy atom. The highest BCUT2D eigenvalue weighted by atomic mass is 16.5. The van der Waals surface area contributed by atoms with Crippen LogP contribution in [0.3, 0.4) is 0 Å². The van der Waals surface area contributed by atoms with E-state index in [0.29, 0.717) is 6.54 Å². The molecule has 0 aliphatic rings. The van der Waals surface area contributed by atoms with Crippen molar-refractivity contribution in [3.8, 4) is 0 Å². The molecule has 2 N–H and O–H groups in total. The van der Waals surface area contributed by atoms with Crippen molar-refractivity contribution in [1.29, 1.82) is 0 Å². The lowest BCUT2D eigenvalue weighted by Gasteiger charge is -2.04. The van der Waals surface area contributed by atoms with E-state index in [1.165, 1.54) is 0 Å². The van der Waals surface area contributed by atoms with Crippen molar-refractivity contribution in [2.45, 2.75) is 6.42 Å². The van der Waals surface area contributed by atoms with Crippen LogP contribution in [0.5, 0.6) is 0 Å². The zero-order chi connectivity index (χ0) is 12.8. The topological polar surface area (TPSA) is 54.1 Å². The molecule has 96 valence electrons. The largest absolute Gasteiger partial charge is 0.385 e. The summed E-state index contributed by atoms with van der Waals surface area (Å²) in [6, 6.07) is 7.72. The first-order valence-electron chi connectivity index (χ1n) is 6.11. The SMILES string of the molecule is COCCCNCC(=O)c1ccc2cc[nH]c2c1. The maximum atomic E-state index is 11.9. The van der Waals surface area contributed by atoms with Gasteiger partial charge in [0, 0.05) is 31.0 Å². The van der Waals surface area contributed by atoms with E-state index >= 15 is 0 Å². The van der Waals surface area contributed by atoms with Crippen molar-refractivity contribution in [2.75, 3.05) is 26.8 Å². The Bertz CT molecular complexity index is 519. The summed E-state index contributed by atoms with van der Waals surface area (Å²) in [7, 11) is 1.68. The summed E-state index contributed by atoms with van der Waals surface area (Å²) in [4.78, 5) is 15.0. The van der Waals surface area contributed by atoms with Crippen LogP contribution in [0.25, 0.3) is 10.9 Å². The van der Waals surface area contributed by atoms with Gasteiger partial charge in [0.2, 0.25) is 0 Å². The lowest BCUT2D eigenvalue weighted by Crippen LogP contribution is -2.24. The molecule has 4 heteroatoms. The third kappa shape index (κ3) is 3.18. The molecule has 1 aromatic heterocycles. The molecule has 0 atom stereocenters. The van der Waals surface area contributed by atoms with Gasteiger partial charge in [0.15, 0.2) is 5.78 Å². The predicted octanol–water partition coefficient (Wildman–Crippen LogP) is 1.98. The smallest absolute Gasteiger partial charge is 0.176 e. The Kier molecular flexibility index (Phi) is 4.50. The van der Waals surface area contributed by atoms with Crippen LogP contribution < -0.4 is 5.32 Å². The van der Waals surface area contributed by atoms with Crippen LogP contribution in [-0.4, -0.2) is 37.6 Å². The molecule has 0 aliphatic carbocycles. The second kappa shape index (κ2) is 6.33. The molecule has 0 radical (unpaired) electrons. The summed E-state index contributed by atoms with van der Waals surface area (Å²) in [6.07, 6.45) is 2.79. The second-order valence-electron chi connectivity index (χ2n) is 4.23. The highest BCUT2D eigenvalue weighted by Gasteiger charge is 2.06. The van der Waals surface area contributed by atoms with Crippen molar-refractivity contribution in [1.82, 2.24) is 10.3 Å². The number of hydrogen-bond acceptors (Lipinski definition) is 3. The fraction of sp³-hybridized carbons (Fsp3) is 0.357. The number of carbonyl (C=O) groups is 1. The fourth-order valence-electron chi connectivity index (χ4n) is 1.87. The molecule has 1 heterocycles. The van der Waals surface area contributed by atoms with Crippen LogP contribution in [0.2, 0.25) is 0 Å². The minimum Gasteiger partial charge on any atom is -0.385 e. The molecule has 18 heavy (non-hydrogen) atoms. The van der Waals surface area contributed by atoms with Gasteiger partial charge in [-0.1, -0.05) is 12.1 Å². The lowest BCUT2D eigenvalue weighted by atomic mass is 10.1. The molecule has 0 saturated heterocycles. The number of rotatable bonds is 7. The van der Waals surface area contributed by atoms with Gasteiger partial charge in [-0.25, -0.2) is 0 Å². The van der Waals surface area contributed by atoms with Crippen LogP contribution in [0.1, 0.15) is 16.8 Å². The van der Waals surface area contributed by atoms with Crippen LogP contribution in [0, 0.1) is 0 Å². The Morgan fingerprint density at radius 2 is 2.28 bits per heavy atom. The van der Waals surface area contributed by atoms with Crippen LogP contribution >= 0.6 is 0 Å². The molecule has 1 aromatic carbocycles. The van der Waals surface area contributed by atoms with E-state index in [9.17, 15) is 4.79 Å². The Hall–Kier alpha value is -1.65. The third-order valence-electron chi connectivity index (χ3n) is 2.86. The molecule has 0 aliphatic heterocycles. The fourth-order valence-corrected chi connectivity index (χ4v) is 1.87. The number of nitrogens with one attached hydrogen (secondary N) is 2. The molecule has 0 amide bonds. The van der Waals surface area contributed by atoms with E-state index in [0.717, 1.165) is 36.0 Å². The summed E-state index contributed by atoms with van der Waals surface area (Å²) in [5, 5.41) is 4.25. The first-order valence-corrected chi connectivity index (χ1v) is 6.11. The number of ether oxygens (including phenoxy) is 1. The van der Waals surface area contributed by atoms with Gasteiger partial charge in [-0.05, 0) is 30.5 Å². The maximum absolute atomic E-state index is 11.9. The first kappa shape index (κ1) is 12.8. The van der Waals surface area contributed by atoms with Gasteiger partial charge in [0.05, 0.1) is 6.54 Å². The van der Waals surface area contributed by atoms with Gasteiger partial charge >= 0.3 is 0 Å². The monoisotopic (exact) mass is 246 g/mol. The average molecular weight is 246 g/mol. The van der Waals surface area contributed by atoms with Gasteiger partial charge in [-0.2, -0.15) is 0 Å².